The molecule has 31 heavy (non-hydrogen) atoms. The highest BCUT2D eigenvalue weighted by Gasteiger charge is 2.30. The number of hydrogen-bond donors (Lipinski definition) is 1. The van der Waals surface area contributed by atoms with Crippen LogP contribution in [0.3, 0.4) is 0 Å². The van der Waals surface area contributed by atoms with Crippen molar-refractivity contribution in [2.75, 3.05) is 39.1 Å². The lowest BCUT2D eigenvalue weighted by Gasteiger charge is -2.33. The topological polar surface area (TPSA) is 87.7 Å². The molecule has 1 saturated heterocycles. The molecule has 164 valence electrons. The van der Waals surface area contributed by atoms with Crippen LogP contribution in [-0.4, -0.2) is 65.4 Å². The third-order valence-corrected chi connectivity index (χ3v) is 6.15. The molecule has 2 aromatic rings. The number of fused-ring (bicyclic) bond motifs is 1. The van der Waals surface area contributed by atoms with E-state index >= 15 is 0 Å². The Kier molecular flexibility index (Phi) is 6.06. The molecule has 4 rings (SSSR count). The molecule has 0 unspecified atom stereocenters. The van der Waals surface area contributed by atoms with Crippen LogP contribution >= 0.6 is 0 Å². The molecule has 2 aliphatic heterocycles. The molecule has 1 fully saturated rings. The summed E-state index contributed by atoms with van der Waals surface area (Å²) < 4.78 is 5.25. The number of rotatable bonds is 4. The number of carbonyl (C=O) groups excluding carboxylic acids is 2. The maximum absolute atomic E-state index is 13.1. The molecule has 1 aromatic carbocycles. The van der Waals surface area contributed by atoms with E-state index in [0.29, 0.717) is 37.4 Å². The zero-order chi connectivity index (χ0) is 22.0. The fourth-order valence-corrected chi connectivity index (χ4v) is 4.41. The first kappa shape index (κ1) is 21.1. The van der Waals surface area contributed by atoms with Gasteiger partial charge in [-0.1, -0.05) is 6.07 Å². The van der Waals surface area contributed by atoms with Gasteiger partial charge in [-0.05, 0) is 31.0 Å². The van der Waals surface area contributed by atoms with Crippen LogP contribution in [0, 0.1) is 0 Å². The van der Waals surface area contributed by atoms with Gasteiger partial charge in [-0.25, -0.2) is 9.97 Å². The lowest BCUT2D eigenvalue weighted by molar-refractivity contribution is -0.130. The average Bonchev–Trinajstić information content (AvgIpc) is 2.82. The van der Waals surface area contributed by atoms with Crippen molar-refractivity contribution >= 4 is 17.6 Å². The van der Waals surface area contributed by atoms with Crippen LogP contribution in [0.4, 0.5) is 5.82 Å². The number of likely N-dealkylation sites (tertiary alicyclic amines) is 1. The van der Waals surface area contributed by atoms with Crippen molar-refractivity contribution in [3.05, 3.63) is 46.9 Å². The van der Waals surface area contributed by atoms with Gasteiger partial charge in [0.05, 0.1) is 19.3 Å². The summed E-state index contributed by atoms with van der Waals surface area (Å²) in [5, 5.41) is 3.20. The second-order valence-electron chi connectivity index (χ2n) is 8.12. The lowest BCUT2D eigenvalue weighted by atomic mass is 9.96. The number of carbonyl (C=O) groups is 2. The minimum atomic E-state index is -0.0277. The van der Waals surface area contributed by atoms with E-state index in [-0.39, 0.29) is 17.7 Å². The normalized spacial score (nSPS) is 18.4. The Bertz CT molecular complexity index is 976. The van der Waals surface area contributed by atoms with Crippen LogP contribution in [0.15, 0.2) is 24.3 Å². The summed E-state index contributed by atoms with van der Waals surface area (Å²) in [6.45, 7) is 4.15. The third-order valence-electron chi connectivity index (χ3n) is 6.15. The first-order chi connectivity index (χ1) is 15.0. The van der Waals surface area contributed by atoms with Gasteiger partial charge < -0.3 is 19.9 Å². The number of piperidine rings is 1. The predicted octanol–water partition coefficient (Wildman–Crippen LogP) is 2.45. The Labute approximate surface area is 182 Å². The van der Waals surface area contributed by atoms with Crippen LogP contribution in [0.5, 0.6) is 5.75 Å². The van der Waals surface area contributed by atoms with E-state index in [0.717, 1.165) is 42.3 Å². The molecular weight excluding hydrogens is 394 g/mol. The Balaban J connectivity index is 1.57. The Hall–Kier alpha value is -3.16. The highest BCUT2D eigenvalue weighted by molar-refractivity contribution is 5.94. The first-order valence-electron chi connectivity index (χ1n) is 10.8. The van der Waals surface area contributed by atoms with Crippen molar-refractivity contribution in [1.82, 2.24) is 19.8 Å². The number of hydrogen-bond acceptors (Lipinski definition) is 6. The van der Waals surface area contributed by atoms with E-state index in [1.165, 1.54) is 0 Å². The monoisotopic (exact) mass is 423 g/mol. The molecule has 0 spiro atoms. The largest absolute Gasteiger partial charge is 0.497 e. The van der Waals surface area contributed by atoms with E-state index in [4.69, 9.17) is 14.7 Å². The smallest absolute Gasteiger partial charge is 0.254 e. The Morgan fingerprint density at radius 3 is 2.77 bits per heavy atom. The van der Waals surface area contributed by atoms with Crippen LogP contribution in [0.25, 0.3) is 0 Å². The number of nitrogens with one attached hydrogen (secondary N) is 1. The number of anilines is 1. The van der Waals surface area contributed by atoms with Gasteiger partial charge in [-0.15, -0.1) is 0 Å². The molecule has 0 saturated carbocycles. The molecule has 2 aliphatic rings. The van der Waals surface area contributed by atoms with Crippen LogP contribution in [0.1, 0.15) is 53.1 Å². The van der Waals surface area contributed by atoms with Crippen LogP contribution in [-0.2, 0) is 17.8 Å². The van der Waals surface area contributed by atoms with Gasteiger partial charge in [-0.3, -0.25) is 9.59 Å². The van der Waals surface area contributed by atoms with Gasteiger partial charge in [0.1, 0.15) is 17.4 Å². The van der Waals surface area contributed by atoms with E-state index in [1.54, 1.807) is 20.1 Å². The summed E-state index contributed by atoms with van der Waals surface area (Å²) in [4.78, 5) is 38.3. The highest BCUT2D eigenvalue weighted by Crippen LogP contribution is 2.30. The SMILES string of the molecule is CNc1nc([C@@H]2CCCN(C(C)=O)C2)nc2c1CN(C(=O)c1cccc(OC)c1)CC2. The average molecular weight is 424 g/mol. The first-order valence-corrected chi connectivity index (χ1v) is 10.8. The maximum atomic E-state index is 13.1. The zero-order valence-electron chi connectivity index (χ0n) is 18.4. The van der Waals surface area contributed by atoms with Crippen molar-refractivity contribution in [2.24, 2.45) is 0 Å². The molecular formula is C23H29N5O3. The molecule has 0 radical (unpaired) electrons. The van der Waals surface area contributed by atoms with Crippen molar-refractivity contribution in [2.45, 2.75) is 38.6 Å². The van der Waals surface area contributed by atoms with E-state index in [9.17, 15) is 9.59 Å². The Morgan fingerprint density at radius 2 is 2.03 bits per heavy atom. The highest BCUT2D eigenvalue weighted by atomic mass is 16.5. The van der Waals surface area contributed by atoms with Crippen molar-refractivity contribution in [3.8, 4) is 5.75 Å². The summed E-state index contributed by atoms with van der Waals surface area (Å²) in [7, 11) is 3.44. The number of ether oxygens (including phenoxy) is 1. The number of benzene rings is 1. The molecule has 0 bridgehead atoms. The fourth-order valence-electron chi connectivity index (χ4n) is 4.41. The van der Waals surface area contributed by atoms with E-state index in [1.807, 2.05) is 35.0 Å². The van der Waals surface area contributed by atoms with Crippen LogP contribution < -0.4 is 10.1 Å². The standard InChI is InChI=1S/C23H29N5O3/c1-15(29)27-10-5-7-17(13-27)21-25-20-9-11-28(14-19(20)22(24-2)26-21)23(30)16-6-4-8-18(12-16)31-3/h4,6,8,12,17H,5,7,9-11,13-14H2,1-3H3,(H,24,25,26)/t17-/m1/s1. The van der Waals surface area contributed by atoms with E-state index in [2.05, 4.69) is 5.32 Å². The molecule has 3 heterocycles. The second-order valence-corrected chi connectivity index (χ2v) is 8.12. The number of aromatic nitrogens is 2. The third kappa shape index (κ3) is 4.33. The lowest BCUT2D eigenvalue weighted by Crippen LogP contribution is -2.39. The van der Waals surface area contributed by atoms with Gasteiger partial charge in [0.15, 0.2) is 0 Å². The predicted molar refractivity (Wildman–Crippen MR) is 117 cm³/mol. The van der Waals surface area contributed by atoms with Crippen molar-refractivity contribution in [1.29, 1.82) is 0 Å². The number of amides is 2. The number of methoxy groups -OCH3 is 1. The summed E-state index contributed by atoms with van der Waals surface area (Å²) in [5.74, 6) is 2.44. The summed E-state index contributed by atoms with van der Waals surface area (Å²) >= 11 is 0. The molecule has 2 amide bonds. The minimum absolute atomic E-state index is 0.0277. The van der Waals surface area contributed by atoms with Gasteiger partial charge in [0.2, 0.25) is 5.91 Å². The molecule has 1 atom stereocenters. The molecule has 8 nitrogen and oxygen atoms in total. The summed E-state index contributed by atoms with van der Waals surface area (Å²) in [6, 6.07) is 7.23. The summed E-state index contributed by atoms with van der Waals surface area (Å²) in [5.41, 5.74) is 2.56. The second kappa shape index (κ2) is 8.91. The number of nitrogens with zero attached hydrogens (tertiary/aromatic N) is 4. The van der Waals surface area contributed by atoms with Gasteiger partial charge >= 0.3 is 0 Å². The summed E-state index contributed by atoms with van der Waals surface area (Å²) in [6.07, 6.45) is 2.62. The Morgan fingerprint density at radius 1 is 1.19 bits per heavy atom. The fraction of sp³-hybridized carbons (Fsp3) is 0.478. The van der Waals surface area contributed by atoms with Crippen molar-refractivity contribution < 1.29 is 14.3 Å². The van der Waals surface area contributed by atoms with Gasteiger partial charge in [0.25, 0.3) is 5.91 Å². The quantitative estimate of drug-likeness (QED) is 0.813. The van der Waals surface area contributed by atoms with Crippen molar-refractivity contribution in [3.63, 3.8) is 0 Å². The van der Waals surface area contributed by atoms with Crippen LogP contribution in [0.2, 0.25) is 0 Å². The van der Waals surface area contributed by atoms with Gasteiger partial charge in [-0.2, -0.15) is 0 Å². The maximum Gasteiger partial charge on any atom is 0.254 e. The minimum Gasteiger partial charge on any atom is -0.497 e. The van der Waals surface area contributed by atoms with E-state index < -0.39 is 0 Å². The molecule has 1 N–H and O–H groups in total. The molecule has 1 aromatic heterocycles. The molecule has 0 aliphatic carbocycles. The molecule has 8 heteroatoms. The van der Waals surface area contributed by atoms with Gasteiger partial charge in [0, 0.05) is 57.1 Å². The zero-order valence-corrected chi connectivity index (χ0v) is 18.4.